The summed E-state index contributed by atoms with van der Waals surface area (Å²) in [4.78, 5) is 0. The van der Waals surface area contributed by atoms with Gasteiger partial charge in [0.15, 0.2) is 0 Å². The molecule has 0 aromatic heterocycles. The molecule has 98 valence electrons. The van der Waals surface area contributed by atoms with Crippen molar-refractivity contribution in [2.24, 2.45) is 0 Å². The van der Waals surface area contributed by atoms with Gasteiger partial charge in [0.2, 0.25) is 0 Å². The number of aliphatic hydroxyl groups is 1. The molecule has 0 fully saturated rings. The van der Waals surface area contributed by atoms with E-state index >= 15 is 0 Å². The molecule has 0 unspecified atom stereocenters. The Bertz CT molecular complexity index is 566. The Hall–Kier alpha value is -2.00. The van der Waals surface area contributed by atoms with Gasteiger partial charge in [-0.2, -0.15) is 0 Å². The van der Waals surface area contributed by atoms with E-state index in [2.05, 4.69) is 0 Å². The fourth-order valence-corrected chi connectivity index (χ4v) is 2.63. The van der Waals surface area contributed by atoms with Crippen LogP contribution in [-0.2, 0) is 6.42 Å². The number of benzene rings is 2. The molecule has 1 N–H and O–H groups in total. The minimum absolute atomic E-state index is 0.574. The van der Waals surface area contributed by atoms with Gasteiger partial charge in [-0.05, 0) is 52.9 Å². The van der Waals surface area contributed by atoms with Gasteiger partial charge >= 0.3 is 0 Å². The fourth-order valence-electron chi connectivity index (χ4n) is 2.63. The van der Waals surface area contributed by atoms with Crippen molar-refractivity contribution in [3.05, 3.63) is 58.7 Å². The van der Waals surface area contributed by atoms with E-state index in [0.717, 1.165) is 40.2 Å². The van der Waals surface area contributed by atoms with Crippen LogP contribution < -0.4 is 9.47 Å². The van der Waals surface area contributed by atoms with Gasteiger partial charge in [0.05, 0.1) is 14.2 Å². The summed E-state index contributed by atoms with van der Waals surface area (Å²) in [5.74, 6) is 1.63. The molecule has 3 heteroatoms. The highest BCUT2D eigenvalue weighted by molar-refractivity contribution is 5.51. The Kier molecular flexibility index (Phi) is 2.91. The zero-order valence-electron chi connectivity index (χ0n) is 11.0. The molecular weight excluding hydrogens is 240 g/mol. The van der Waals surface area contributed by atoms with Crippen LogP contribution in [0.5, 0.6) is 11.5 Å². The molecule has 2 aromatic rings. The molecule has 0 amide bonds. The van der Waals surface area contributed by atoms with Crippen LogP contribution in [0, 0.1) is 0 Å². The van der Waals surface area contributed by atoms with E-state index in [1.54, 1.807) is 14.2 Å². The van der Waals surface area contributed by atoms with E-state index in [-0.39, 0.29) is 0 Å². The van der Waals surface area contributed by atoms with Gasteiger partial charge in [-0.25, -0.2) is 0 Å². The van der Waals surface area contributed by atoms with E-state index in [1.165, 1.54) is 0 Å². The zero-order valence-corrected chi connectivity index (χ0v) is 11.0. The SMILES string of the molecule is COc1ccc2c(c1)Cc1cc(OC)ccc1C2O. The van der Waals surface area contributed by atoms with Crippen molar-refractivity contribution >= 4 is 0 Å². The van der Waals surface area contributed by atoms with Crippen molar-refractivity contribution in [3.63, 3.8) is 0 Å². The molecule has 19 heavy (non-hydrogen) atoms. The summed E-state index contributed by atoms with van der Waals surface area (Å²) in [7, 11) is 3.30. The second kappa shape index (κ2) is 4.59. The summed E-state index contributed by atoms with van der Waals surface area (Å²) in [5.41, 5.74) is 4.12. The van der Waals surface area contributed by atoms with Gasteiger partial charge in [0.25, 0.3) is 0 Å². The van der Waals surface area contributed by atoms with E-state index in [0.29, 0.717) is 0 Å². The zero-order chi connectivity index (χ0) is 13.4. The molecule has 3 nitrogen and oxygen atoms in total. The summed E-state index contributed by atoms with van der Waals surface area (Å²) in [6.07, 6.45) is 0.214. The van der Waals surface area contributed by atoms with Crippen LogP contribution in [-0.4, -0.2) is 19.3 Å². The molecule has 0 bridgehead atoms. The standard InChI is InChI=1S/C16H16O3/c1-18-12-3-5-14-10(8-12)7-11-9-13(19-2)4-6-15(11)16(14)17/h3-6,8-9,16-17H,7H2,1-2H3. The first kappa shape index (κ1) is 12.1. The van der Waals surface area contributed by atoms with Gasteiger partial charge in [0.1, 0.15) is 17.6 Å². The third-order valence-corrected chi connectivity index (χ3v) is 3.67. The number of rotatable bonds is 2. The van der Waals surface area contributed by atoms with Crippen molar-refractivity contribution < 1.29 is 14.6 Å². The molecule has 2 aromatic carbocycles. The Morgan fingerprint density at radius 3 is 1.79 bits per heavy atom. The molecule has 1 aliphatic rings. The predicted molar refractivity (Wildman–Crippen MR) is 72.9 cm³/mol. The Balaban J connectivity index is 2.08. The number of methoxy groups -OCH3 is 2. The minimum atomic E-state index is -0.574. The van der Waals surface area contributed by atoms with Gasteiger partial charge in [-0.1, -0.05) is 12.1 Å². The van der Waals surface area contributed by atoms with Gasteiger partial charge in [0, 0.05) is 0 Å². The fraction of sp³-hybridized carbons (Fsp3) is 0.250. The van der Waals surface area contributed by atoms with Gasteiger partial charge in [-0.3, -0.25) is 0 Å². The summed E-state index contributed by atoms with van der Waals surface area (Å²) >= 11 is 0. The lowest BCUT2D eigenvalue weighted by molar-refractivity contribution is 0.215. The molecule has 0 saturated heterocycles. The summed E-state index contributed by atoms with van der Waals surface area (Å²) < 4.78 is 10.5. The molecule has 1 aliphatic carbocycles. The molecule has 0 heterocycles. The summed E-state index contributed by atoms with van der Waals surface area (Å²) in [6.45, 7) is 0. The number of ether oxygens (including phenoxy) is 2. The topological polar surface area (TPSA) is 38.7 Å². The number of aliphatic hydroxyl groups excluding tert-OH is 1. The maximum Gasteiger partial charge on any atom is 0.119 e. The van der Waals surface area contributed by atoms with Crippen molar-refractivity contribution in [3.8, 4) is 11.5 Å². The van der Waals surface area contributed by atoms with Crippen LogP contribution in [0.3, 0.4) is 0 Å². The maximum absolute atomic E-state index is 10.5. The lowest BCUT2D eigenvalue weighted by Gasteiger charge is -2.25. The number of hydrogen-bond acceptors (Lipinski definition) is 3. The average molecular weight is 256 g/mol. The highest BCUT2D eigenvalue weighted by Gasteiger charge is 2.24. The van der Waals surface area contributed by atoms with Crippen LogP contribution in [0.25, 0.3) is 0 Å². The second-order valence-corrected chi connectivity index (χ2v) is 4.71. The summed E-state index contributed by atoms with van der Waals surface area (Å²) in [6, 6.07) is 11.6. The Labute approximate surface area is 112 Å². The largest absolute Gasteiger partial charge is 0.497 e. The predicted octanol–water partition coefficient (Wildman–Crippen LogP) is 2.69. The summed E-state index contributed by atoms with van der Waals surface area (Å²) in [5, 5.41) is 10.5. The number of fused-ring (bicyclic) bond motifs is 2. The molecule has 0 radical (unpaired) electrons. The van der Waals surface area contributed by atoms with E-state index in [1.807, 2.05) is 36.4 Å². The molecule has 3 rings (SSSR count). The van der Waals surface area contributed by atoms with E-state index < -0.39 is 6.10 Å². The number of hydrogen-bond donors (Lipinski definition) is 1. The first-order valence-corrected chi connectivity index (χ1v) is 6.24. The lowest BCUT2D eigenvalue weighted by Crippen LogP contribution is -2.13. The Morgan fingerprint density at radius 2 is 1.37 bits per heavy atom. The quantitative estimate of drug-likeness (QED) is 0.897. The third kappa shape index (κ3) is 1.96. The van der Waals surface area contributed by atoms with Crippen molar-refractivity contribution in [1.29, 1.82) is 0 Å². The molecular formula is C16H16O3. The highest BCUT2D eigenvalue weighted by Crippen LogP contribution is 2.37. The molecule has 0 atom stereocenters. The first-order chi connectivity index (χ1) is 9.22. The van der Waals surface area contributed by atoms with Crippen LogP contribution >= 0.6 is 0 Å². The van der Waals surface area contributed by atoms with Crippen LogP contribution in [0.2, 0.25) is 0 Å². The van der Waals surface area contributed by atoms with Crippen LogP contribution in [0.4, 0.5) is 0 Å². The monoisotopic (exact) mass is 256 g/mol. The van der Waals surface area contributed by atoms with Crippen molar-refractivity contribution in [2.75, 3.05) is 14.2 Å². The maximum atomic E-state index is 10.5. The highest BCUT2D eigenvalue weighted by atomic mass is 16.5. The van der Waals surface area contributed by atoms with Gasteiger partial charge in [-0.15, -0.1) is 0 Å². The molecule has 0 aliphatic heterocycles. The van der Waals surface area contributed by atoms with Crippen molar-refractivity contribution in [2.45, 2.75) is 12.5 Å². The smallest absolute Gasteiger partial charge is 0.119 e. The molecule has 0 saturated carbocycles. The van der Waals surface area contributed by atoms with Crippen LogP contribution in [0.1, 0.15) is 28.4 Å². The average Bonchev–Trinajstić information content (AvgIpc) is 2.46. The molecule has 0 spiro atoms. The third-order valence-electron chi connectivity index (χ3n) is 3.67. The first-order valence-electron chi connectivity index (χ1n) is 6.24. The Morgan fingerprint density at radius 1 is 0.895 bits per heavy atom. The van der Waals surface area contributed by atoms with Crippen LogP contribution in [0.15, 0.2) is 36.4 Å². The van der Waals surface area contributed by atoms with Gasteiger partial charge < -0.3 is 14.6 Å². The minimum Gasteiger partial charge on any atom is -0.497 e. The van der Waals surface area contributed by atoms with Crippen molar-refractivity contribution in [1.82, 2.24) is 0 Å². The second-order valence-electron chi connectivity index (χ2n) is 4.71. The lowest BCUT2D eigenvalue weighted by atomic mass is 9.84. The van der Waals surface area contributed by atoms with E-state index in [4.69, 9.17) is 9.47 Å². The normalized spacial score (nSPS) is 13.6. The van der Waals surface area contributed by atoms with E-state index in [9.17, 15) is 5.11 Å².